The van der Waals surface area contributed by atoms with Crippen LogP contribution in [0.3, 0.4) is 0 Å². The minimum absolute atomic E-state index is 0.106. The van der Waals surface area contributed by atoms with Crippen LogP contribution in [0.15, 0.2) is 0 Å². The van der Waals surface area contributed by atoms with Crippen LogP contribution in [0.1, 0.15) is 452 Å². The summed E-state index contributed by atoms with van der Waals surface area (Å²) in [6, 6.07) is 0. The molecule has 0 rings (SSSR count). The van der Waals surface area contributed by atoms with Gasteiger partial charge in [-0.15, -0.1) is 0 Å². The molecule has 0 fully saturated rings. The lowest BCUT2D eigenvalue weighted by Gasteiger charge is -2.21. The Morgan fingerprint density at radius 2 is 0.490 bits per heavy atom. The summed E-state index contributed by atoms with van der Waals surface area (Å²) in [4.78, 5) is 73.2. The number of carbonyl (C=O) groups excluding carboxylic acids is 4. The van der Waals surface area contributed by atoms with E-state index in [9.17, 15) is 43.2 Å². The first-order valence-corrected chi connectivity index (χ1v) is 47.0. The average molecular weight is 1520 g/mol. The van der Waals surface area contributed by atoms with Crippen LogP contribution in [-0.2, 0) is 65.4 Å². The number of phosphoric acid groups is 2. The molecule has 0 aromatic carbocycles. The molecule has 0 aliphatic heterocycles. The van der Waals surface area contributed by atoms with E-state index < -0.39 is 97.5 Å². The van der Waals surface area contributed by atoms with E-state index in [0.29, 0.717) is 25.7 Å². The molecule has 3 N–H and O–H groups in total. The number of aliphatic hydroxyl groups excluding tert-OH is 1. The molecule has 0 aliphatic carbocycles. The fourth-order valence-electron chi connectivity index (χ4n) is 13.2. The molecule has 0 spiro atoms. The normalized spacial score (nSPS) is 14.1. The molecular formula is C85H166O17P2. The number of hydrogen-bond acceptors (Lipinski definition) is 15. The molecule has 17 nitrogen and oxygen atoms in total. The molecule has 104 heavy (non-hydrogen) atoms. The molecule has 0 bridgehead atoms. The zero-order valence-corrected chi connectivity index (χ0v) is 70.1. The van der Waals surface area contributed by atoms with Crippen molar-refractivity contribution in [2.75, 3.05) is 39.6 Å². The Hall–Kier alpha value is -1.94. The second-order valence-corrected chi connectivity index (χ2v) is 34.2. The van der Waals surface area contributed by atoms with Gasteiger partial charge in [0, 0.05) is 25.7 Å². The average Bonchev–Trinajstić information content (AvgIpc) is 0.908. The topological polar surface area (TPSA) is 237 Å². The van der Waals surface area contributed by atoms with E-state index in [1.54, 1.807) is 0 Å². The van der Waals surface area contributed by atoms with Gasteiger partial charge in [-0.05, 0) is 37.5 Å². The predicted octanol–water partition coefficient (Wildman–Crippen LogP) is 25.8. The Morgan fingerprint density at radius 3 is 0.731 bits per heavy atom. The summed E-state index contributed by atoms with van der Waals surface area (Å²) in [5.74, 6) is -0.557. The van der Waals surface area contributed by atoms with E-state index in [1.165, 1.54) is 270 Å². The molecule has 618 valence electrons. The first-order valence-electron chi connectivity index (χ1n) is 44.0. The maximum Gasteiger partial charge on any atom is 0.472 e. The van der Waals surface area contributed by atoms with E-state index in [1.807, 2.05) is 0 Å². The highest BCUT2D eigenvalue weighted by atomic mass is 31.2. The van der Waals surface area contributed by atoms with Crippen LogP contribution in [0.5, 0.6) is 0 Å². The maximum atomic E-state index is 13.1. The van der Waals surface area contributed by atoms with Gasteiger partial charge in [0.25, 0.3) is 0 Å². The van der Waals surface area contributed by atoms with Crippen molar-refractivity contribution in [2.24, 2.45) is 11.8 Å². The summed E-state index contributed by atoms with van der Waals surface area (Å²) in [5, 5.41) is 10.7. The molecule has 0 heterocycles. The number of rotatable bonds is 84. The van der Waals surface area contributed by atoms with Gasteiger partial charge in [0.05, 0.1) is 26.4 Å². The zero-order valence-electron chi connectivity index (χ0n) is 68.3. The lowest BCUT2D eigenvalue weighted by atomic mass is 9.99. The van der Waals surface area contributed by atoms with Crippen molar-refractivity contribution in [3.8, 4) is 0 Å². The predicted molar refractivity (Wildman–Crippen MR) is 428 cm³/mol. The van der Waals surface area contributed by atoms with Crippen molar-refractivity contribution in [3.63, 3.8) is 0 Å². The van der Waals surface area contributed by atoms with Crippen LogP contribution in [0.4, 0.5) is 0 Å². The Kier molecular flexibility index (Phi) is 75.0. The van der Waals surface area contributed by atoms with Gasteiger partial charge in [0.1, 0.15) is 19.3 Å². The van der Waals surface area contributed by atoms with Gasteiger partial charge in [-0.25, -0.2) is 9.13 Å². The van der Waals surface area contributed by atoms with Gasteiger partial charge in [-0.3, -0.25) is 37.3 Å². The van der Waals surface area contributed by atoms with E-state index in [0.717, 1.165) is 102 Å². The SMILES string of the molecule is CCCCCCCCCCCCCCCCCCCCCCCC(=O)O[C@H](COC(=O)CCCCCCCCCCCCCCCCCCC)COP(=O)(O)OC[C@@H](O)COP(=O)(O)OC[C@@H](COC(=O)CCCCCCCCCCCC(C)C)OC(=O)CCCCCCCCCCCCC(C)CC. The number of phosphoric ester groups is 2. The van der Waals surface area contributed by atoms with Crippen molar-refractivity contribution in [3.05, 3.63) is 0 Å². The van der Waals surface area contributed by atoms with E-state index >= 15 is 0 Å². The van der Waals surface area contributed by atoms with Crippen molar-refractivity contribution < 1.29 is 80.2 Å². The number of esters is 4. The lowest BCUT2D eigenvalue weighted by Crippen LogP contribution is -2.30. The highest BCUT2D eigenvalue weighted by Crippen LogP contribution is 2.45. The molecule has 0 aromatic heterocycles. The van der Waals surface area contributed by atoms with Gasteiger partial charge in [0.2, 0.25) is 0 Å². The highest BCUT2D eigenvalue weighted by Gasteiger charge is 2.30. The van der Waals surface area contributed by atoms with Crippen LogP contribution in [0, 0.1) is 11.8 Å². The number of aliphatic hydroxyl groups is 1. The monoisotopic (exact) mass is 1520 g/mol. The van der Waals surface area contributed by atoms with Gasteiger partial charge in [-0.2, -0.15) is 0 Å². The summed E-state index contributed by atoms with van der Waals surface area (Å²) >= 11 is 0. The Morgan fingerprint density at radius 1 is 0.279 bits per heavy atom. The van der Waals surface area contributed by atoms with Crippen molar-refractivity contribution in [1.82, 2.24) is 0 Å². The van der Waals surface area contributed by atoms with Crippen LogP contribution >= 0.6 is 15.6 Å². The first kappa shape index (κ1) is 102. The minimum atomic E-state index is -4.97. The third kappa shape index (κ3) is 76.8. The number of carbonyl (C=O) groups is 4. The molecule has 0 aromatic rings. The minimum Gasteiger partial charge on any atom is -0.462 e. The molecule has 0 saturated heterocycles. The Labute approximate surface area is 638 Å². The molecule has 19 heteroatoms. The fraction of sp³-hybridized carbons (Fsp3) is 0.953. The summed E-state index contributed by atoms with van der Waals surface area (Å²) in [6.07, 6.45) is 68.0. The largest absolute Gasteiger partial charge is 0.472 e. The molecule has 0 radical (unpaired) electrons. The maximum absolute atomic E-state index is 13.1. The third-order valence-electron chi connectivity index (χ3n) is 20.3. The molecular weight excluding hydrogens is 1350 g/mol. The number of hydrogen-bond donors (Lipinski definition) is 3. The molecule has 0 saturated carbocycles. The summed E-state index contributed by atoms with van der Waals surface area (Å²) in [6.45, 7) is 9.67. The van der Waals surface area contributed by atoms with Crippen LogP contribution < -0.4 is 0 Å². The molecule has 0 aliphatic rings. The number of unbranched alkanes of at least 4 members (excludes halogenated alkanes) is 53. The van der Waals surface area contributed by atoms with Crippen LogP contribution in [0.2, 0.25) is 0 Å². The van der Waals surface area contributed by atoms with Gasteiger partial charge >= 0.3 is 39.5 Å². The van der Waals surface area contributed by atoms with Crippen molar-refractivity contribution >= 4 is 39.5 Å². The standard InChI is InChI=1S/C85H166O17P2/c1-7-10-12-14-16-18-20-22-24-26-27-28-29-31-33-35-37-44-51-57-63-69-84(89)101-80(73-95-82(87)67-61-55-49-43-36-34-32-30-25-23-21-19-17-15-13-11-8-2)75-99-103(91,92)97-71-79(86)72-98-104(93,94)100-76-81(74-96-83(88)68-62-56-50-46-40-41-47-53-59-65-77(4)5)102-85(90)70-64-58-52-45-39-38-42-48-54-60-66-78(6)9-3/h77-81,86H,7-76H2,1-6H3,(H,91,92)(H,93,94)/t78?,79-,80-,81-/m1/s1. The van der Waals surface area contributed by atoms with Crippen LogP contribution in [0.25, 0.3) is 0 Å². The zero-order chi connectivity index (χ0) is 76.4. The van der Waals surface area contributed by atoms with Gasteiger partial charge in [0.15, 0.2) is 12.2 Å². The summed E-state index contributed by atoms with van der Waals surface area (Å²) < 4.78 is 68.9. The fourth-order valence-corrected chi connectivity index (χ4v) is 14.8. The highest BCUT2D eigenvalue weighted by molar-refractivity contribution is 7.47. The smallest absolute Gasteiger partial charge is 0.462 e. The van der Waals surface area contributed by atoms with E-state index in [2.05, 4.69) is 41.5 Å². The molecule has 0 amide bonds. The van der Waals surface area contributed by atoms with E-state index in [4.69, 9.17) is 37.0 Å². The number of ether oxygens (including phenoxy) is 4. The van der Waals surface area contributed by atoms with Crippen molar-refractivity contribution in [1.29, 1.82) is 0 Å². The quantitative estimate of drug-likeness (QED) is 0.0222. The van der Waals surface area contributed by atoms with Gasteiger partial charge in [-0.1, -0.05) is 401 Å². The lowest BCUT2D eigenvalue weighted by molar-refractivity contribution is -0.161. The summed E-state index contributed by atoms with van der Waals surface area (Å²) in [7, 11) is -9.93. The second kappa shape index (κ2) is 76.4. The first-order chi connectivity index (χ1) is 50.4. The van der Waals surface area contributed by atoms with Gasteiger partial charge < -0.3 is 33.8 Å². The van der Waals surface area contributed by atoms with Crippen LogP contribution in [-0.4, -0.2) is 96.7 Å². The summed E-state index contributed by atoms with van der Waals surface area (Å²) in [5.41, 5.74) is 0. The third-order valence-corrected chi connectivity index (χ3v) is 22.2. The molecule has 3 unspecified atom stereocenters. The van der Waals surface area contributed by atoms with E-state index in [-0.39, 0.29) is 25.7 Å². The Bertz CT molecular complexity index is 2000. The molecule has 6 atom stereocenters. The Balaban J connectivity index is 5.25. The van der Waals surface area contributed by atoms with Crippen molar-refractivity contribution in [2.45, 2.75) is 471 Å². The second-order valence-electron chi connectivity index (χ2n) is 31.3.